The zero-order valence-electron chi connectivity index (χ0n) is 13.7. The Morgan fingerprint density at radius 1 is 1.33 bits per heavy atom. The molecule has 2 heterocycles. The van der Waals surface area contributed by atoms with E-state index >= 15 is 0 Å². The van der Waals surface area contributed by atoms with Crippen molar-refractivity contribution in [3.63, 3.8) is 0 Å². The Kier molecular flexibility index (Phi) is 4.76. The molecule has 24 heavy (non-hydrogen) atoms. The number of para-hydroxylation sites is 1. The van der Waals surface area contributed by atoms with Crippen LogP contribution < -0.4 is 5.32 Å². The van der Waals surface area contributed by atoms with Gasteiger partial charge in [0, 0.05) is 13.1 Å². The molecule has 1 atom stereocenters. The average molecular weight is 320 g/mol. The topological polar surface area (TPSA) is 69.0 Å². The third-order valence-electron chi connectivity index (χ3n) is 4.25. The van der Waals surface area contributed by atoms with Gasteiger partial charge in [-0.3, -0.25) is 4.79 Å². The molecule has 122 valence electrons. The summed E-state index contributed by atoms with van der Waals surface area (Å²) in [5.74, 6) is 0.539. The van der Waals surface area contributed by atoms with Crippen molar-refractivity contribution < 1.29 is 4.79 Å². The van der Waals surface area contributed by atoms with Crippen molar-refractivity contribution in [2.24, 2.45) is 5.92 Å². The fraction of sp³-hybridized carbons (Fsp3) is 0.316. The van der Waals surface area contributed by atoms with Gasteiger partial charge in [0.25, 0.3) is 5.91 Å². The standard InChI is InChI=1S/C19H20N4O/c1-14-5-4-10-23(13-14)19(24)18-9-8-16(12-21-18)22-17-7-3-2-6-15(17)11-20/h2-3,6-9,12,14,22H,4-5,10,13H2,1H3. The molecule has 1 amide bonds. The van der Waals surface area contributed by atoms with E-state index in [1.165, 1.54) is 6.42 Å². The van der Waals surface area contributed by atoms with Crippen LogP contribution in [0.15, 0.2) is 42.6 Å². The Morgan fingerprint density at radius 3 is 2.88 bits per heavy atom. The van der Waals surface area contributed by atoms with Gasteiger partial charge in [0.1, 0.15) is 11.8 Å². The highest BCUT2D eigenvalue weighted by molar-refractivity contribution is 5.92. The summed E-state index contributed by atoms with van der Waals surface area (Å²) in [6, 6.07) is 13.0. The summed E-state index contributed by atoms with van der Waals surface area (Å²) in [6.45, 7) is 3.78. The first-order valence-electron chi connectivity index (χ1n) is 8.19. The van der Waals surface area contributed by atoms with Crippen molar-refractivity contribution in [1.29, 1.82) is 5.26 Å². The van der Waals surface area contributed by atoms with Crippen LogP contribution in [-0.4, -0.2) is 28.9 Å². The molecule has 5 nitrogen and oxygen atoms in total. The van der Waals surface area contributed by atoms with Crippen LogP contribution in [-0.2, 0) is 0 Å². The fourth-order valence-electron chi connectivity index (χ4n) is 2.98. The van der Waals surface area contributed by atoms with E-state index in [-0.39, 0.29) is 5.91 Å². The first-order chi connectivity index (χ1) is 11.7. The number of nitriles is 1. The minimum absolute atomic E-state index is 0.00877. The van der Waals surface area contributed by atoms with Crippen LogP contribution in [0.2, 0.25) is 0 Å². The molecule has 1 aliphatic heterocycles. The number of pyridine rings is 1. The van der Waals surface area contributed by atoms with Gasteiger partial charge in [-0.15, -0.1) is 0 Å². The SMILES string of the molecule is CC1CCCN(C(=O)c2ccc(Nc3ccccc3C#N)cn2)C1. The van der Waals surface area contributed by atoms with Gasteiger partial charge in [0.2, 0.25) is 0 Å². The first kappa shape index (κ1) is 16.0. The summed E-state index contributed by atoms with van der Waals surface area (Å²) < 4.78 is 0. The first-order valence-corrected chi connectivity index (χ1v) is 8.19. The maximum absolute atomic E-state index is 12.5. The van der Waals surface area contributed by atoms with Crippen LogP contribution in [0.1, 0.15) is 35.8 Å². The normalized spacial score (nSPS) is 17.2. The zero-order valence-corrected chi connectivity index (χ0v) is 13.7. The van der Waals surface area contributed by atoms with Gasteiger partial charge in [-0.2, -0.15) is 5.26 Å². The molecule has 0 spiro atoms. The predicted octanol–water partition coefficient (Wildman–Crippen LogP) is 3.57. The average Bonchev–Trinajstić information content (AvgIpc) is 2.62. The van der Waals surface area contributed by atoms with E-state index in [9.17, 15) is 4.79 Å². The van der Waals surface area contributed by atoms with Crippen LogP contribution in [0.5, 0.6) is 0 Å². The number of piperidine rings is 1. The molecule has 1 saturated heterocycles. The second-order valence-electron chi connectivity index (χ2n) is 6.21. The molecule has 0 saturated carbocycles. The van der Waals surface area contributed by atoms with Crippen molar-refractivity contribution >= 4 is 17.3 Å². The van der Waals surface area contributed by atoms with Crippen LogP contribution in [0, 0.1) is 17.2 Å². The Balaban J connectivity index is 1.71. The third-order valence-corrected chi connectivity index (χ3v) is 4.25. The van der Waals surface area contributed by atoms with E-state index < -0.39 is 0 Å². The number of carbonyl (C=O) groups is 1. The van der Waals surface area contributed by atoms with E-state index in [1.54, 1.807) is 18.3 Å². The number of rotatable bonds is 3. The van der Waals surface area contributed by atoms with Gasteiger partial charge in [-0.1, -0.05) is 19.1 Å². The van der Waals surface area contributed by atoms with Gasteiger partial charge in [-0.05, 0) is 43.0 Å². The maximum atomic E-state index is 12.5. The quantitative estimate of drug-likeness (QED) is 0.938. The van der Waals surface area contributed by atoms with Crippen molar-refractivity contribution in [2.45, 2.75) is 19.8 Å². The molecule has 5 heteroatoms. The number of hydrogen-bond acceptors (Lipinski definition) is 4. The molecule has 2 aromatic rings. The number of likely N-dealkylation sites (tertiary alicyclic amines) is 1. The minimum Gasteiger partial charge on any atom is -0.353 e. The summed E-state index contributed by atoms with van der Waals surface area (Å²) in [6.07, 6.45) is 3.87. The molecule has 0 bridgehead atoms. The van der Waals surface area contributed by atoms with Crippen molar-refractivity contribution in [2.75, 3.05) is 18.4 Å². The van der Waals surface area contributed by atoms with Crippen molar-refractivity contribution in [3.05, 3.63) is 53.9 Å². The molecule has 1 N–H and O–H groups in total. The fourth-order valence-corrected chi connectivity index (χ4v) is 2.98. The van der Waals surface area contributed by atoms with Crippen molar-refractivity contribution in [1.82, 2.24) is 9.88 Å². The molecule has 1 fully saturated rings. The van der Waals surface area contributed by atoms with E-state index in [0.717, 1.165) is 30.9 Å². The zero-order chi connectivity index (χ0) is 16.9. The molecular formula is C19H20N4O. The van der Waals surface area contributed by atoms with Gasteiger partial charge in [0.05, 0.1) is 23.1 Å². The second kappa shape index (κ2) is 7.14. The van der Waals surface area contributed by atoms with E-state index in [4.69, 9.17) is 5.26 Å². The largest absolute Gasteiger partial charge is 0.353 e. The molecule has 1 aliphatic rings. The summed E-state index contributed by atoms with van der Waals surface area (Å²) in [5, 5.41) is 12.3. The number of nitrogens with one attached hydrogen (secondary N) is 1. The molecule has 0 aliphatic carbocycles. The second-order valence-corrected chi connectivity index (χ2v) is 6.21. The number of nitrogens with zero attached hydrogens (tertiary/aromatic N) is 3. The number of anilines is 2. The number of amides is 1. The number of carbonyl (C=O) groups excluding carboxylic acids is 1. The van der Waals surface area contributed by atoms with E-state index in [0.29, 0.717) is 17.2 Å². The van der Waals surface area contributed by atoms with Gasteiger partial charge in [-0.25, -0.2) is 4.98 Å². The molecule has 1 unspecified atom stereocenters. The highest BCUT2D eigenvalue weighted by Crippen LogP contribution is 2.21. The molecule has 1 aromatic carbocycles. The Hall–Kier alpha value is -2.87. The highest BCUT2D eigenvalue weighted by Gasteiger charge is 2.22. The van der Waals surface area contributed by atoms with Gasteiger partial charge >= 0.3 is 0 Å². The van der Waals surface area contributed by atoms with Gasteiger partial charge < -0.3 is 10.2 Å². The smallest absolute Gasteiger partial charge is 0.272 e. The third kappa shape index (κ3) is 3.54. The molecule has 3 rings (SSSR count). The van der Waals surface area contributed by atoms with Crippen LogP contribution in [0.25, 0.3) is 0 Å². The molecular weight excluding hydrogens is 300 g/mol. The van der Waals surface area contributed by atoms with Crippen LogP contribution in [0.4, 0.5) is 11.4 Å². The van der Waals surface area contributed by atoms with Crippen molar-refractivity contribution in [3.8, 4) is 6.07 Å². The molecule has 0 radical (unpaired) electrons. The lowest BCUT2D eigenvalue weighted by molar-refractivity contribution is 0.0677. The lowest BCUT2D eigenvalue weighted by Gasteiger charge is -2.30. The summed E-state index contributed by atoms with van der Waals surface area (Å²) >= 11 is 0. The van der Waals surface area contributed by atoms with E-state index in [1.807, 2.05) is 29.2 Å². The maximum Gasteiger partial charge on any atom is 0.272 e. The number of aromatic nitrogens is 1. The lowest BCUT2D eigenvalue weighted by Crippen LogP contribution is -2.39. The number of hydrogen-bond donors (Lipinski definition) is 1. The predicted molar refractivity (Wildman–Crippen MR) is 93.0 cm³/mol. The van der Waals surface area contributed by atoms with Crippen LogP contribution >= 0.6 is 0 Å². The monoisotopic (exact) mass is 320 g/mol. The minimum atomic E-state index is -0.00877. The Bertz CT molecular complexity index is 764. The Morgan fingerprint density at radius 2 is 2.17 bits per heavy atom. The Labute approximate surface area is 141 Å². The van der Waals surface area contributed by atoms with Crippen LogP contribution in [0.3, 0.4) is 0 Å². The molecule has 1 aromatic heterocycles. The highest BCUT2D eigenvalue weighted by atomic mass is 16.2. The summed E-state index contributed by atoms with van der Waals surface area (Å²) in [5.41, 5.74) is 2.51. The van der Waals surface area contributed by atoms with Gasteiger partial charge in [0.15, 0.2) is 0 Å². The number of benzene rings is 1. The lowest BCUT2D eigenvalue weighted by atomic mass is 10.00. The van der Waals surface area contributed by atoms with E-state index in [2.05, 4.69) is 23.3 Å². The summed E-state index contributed by atoms with van der Waals surface area (Å²) in [7, 11) is 0. The summed E-state index contributed by atoms with van der Waals surface area (Å²) in [4.78, 5) is 18.7.